The van der Waals surface area contributed by atoms with Crippen LogP contribution >= 0.6 is 0 Å². The first-order valence-corrected chi connectivity index (χ1v) is 6.57. The maximum absolute atomic E-state index is 12.0. The van der Waals surface area contributed by atoms with Gasteiger partial charge in [0.05, 0.1) is 6.20 Å². The van der Waals surface area contributed by atoms with E-state index < -0.39 is 0 Å². The molecule has 5 nitrogen and oxygen atoms in total. The second-order valence-corrected chi connectivity index (χ2v) is 4.60. The summed E-state index contributed by atoms with van der Waals surface area (Å²) in [5.74, 6) is 5.21. The number of carbonyl (C=O) groups is 1. The highest BCUT2D eigenvalue weighted by Crippen LogP contribution is 2.07. The summed E-state index contributed by atoms with van der Waals surface area (Å²) < 4.78 is 1.77. The predicted molar refractivity (Wildman–Crippen MR) is 79.5 cm³/mol. The third-order valence-corrected chi connectivity index (χ3v) is 3.24. The molecular formula is C16H17N3O2. The minimum atomic E-state index is -0.174. The number of hydrogen-bond acceptors (Lipinski definition) is 3. The average molecular weight is 283 g/mol. The van der Waals surface area contributed by atoms with Crippen LogP contribution in [0.4, 0.5) is 0 Å². The Morgan fingerprint density at radius 3 is 2.67 bits per heavy atom. The van der Waals surface area contributed by atoms with Crippen LogP contribution in [0.1, 0.15) is 27.2 Å². The first-order chi connectivity index (χ1) is 10.1. The molecule has 0 bridgehead atoms. The molecule has 0 aliphatic rings. The quantitative estimate of drug-likeness (QED) is 0.826. The number of amides is 1. The van der Waals surface area contributed by atoms with Crippen LogP contribution < -0.4 is 5.32 Å². The fraction of sp³-hybridized carbons (Fsp3) is 0.250. The zero-order chi connectivity index (χ0) is 15.2. The molecule has 0 saturated carbocycles. The van der Waals surface area contributed by atoms with E-state index in [0.717, 1.165) is 16.8 Å². The van der Waals surface area contributed by atoms with Crippen LogP contribution in [0.3, 0.4) is 0 Å². The van der Waals surface area contributed by atoms with E-state index in [4.69, 9.17) is 5.11 Å². The largest absolute Gasteiger partial charge is 0.384 e. The van der Waals surface area contributed by atoms with E-state index in [1.54, 1.807) is 35.1 Å². The fourth-order valence-corrected chi connectivity index (χ4v) is 1.84. The minimum absolute atomic E-state index is 0.139. The van der Waals surface area contributed by atoms with Crippen LogP contribution in [0.15, 0.2) is 30.5 Å². The summed E-state index contributed by atoms with van der Waals surface area (Å²) >= 11 is 0. The van der Waals surface area contributed by atoms with Gasteiger partial charge in [0.15, 0.2) is 0 Å². The number of nitrogens with zero attached hydrogens (tertiary/aromatic N) is 2. The summed E-state index contributed by atoms with van der Waals surface area (Å²) in [6.07, 6.45) is 1.75. The normalized spacial score (nSPS) is 9.86. The number of aryl methyl sites for hydroxylation is 1. The lowest BCUT2D eigenvalue weighted by Crippen LogP contribution is -2.23. The average Bonchev–Trinajstić information content (AvgIpc) is 2.83. The Balaban J connectivity index is 1.99. The summed E-state index contributed by atoms with van der Waals surface area (Å²) in [7, 11) is 1.87. The van der Waals surface area contributed by atoms with Gasteiger partial charge in [-0.1, -0.05) is 11.8 Å². The van der Waals surface area contributed by atoms with E-state index in [0.29, 0.717) is 12.1 Å². The third-order valence-electron chi connectivity index (χ3n) is 3.24. The Morgan fingerprint density at radius 1 is 1.38 bits per heavy atom. The van der Waals surface area contributed by atoms with Crippen molar-refractivity contribution in [3.05, 3.63) is 52.8 Å². The van der Waals surface area contributed by atoms with Crippen LogP contribution in [-0.4, -0.2) is 27.4 Å². The van der Waals surface area contributed by atoms with Crippen LogP contribution in [0.5, 0.6) is 0 Å². The maximum Gasteiger partial charge on any atom is 0.251 e. The number of aliphatic hydroxyl groups excluding tert-OH is 1. The Bertz CT molecular complexity index is 691. The van der Waals surface area contributed by atoms with Crippen LogP contribution in [0.25, 0.3) is 0 Å². The highest BCUT2D eigenvalue weighted by molar-refractivity contribution is 5.94. The zero-order valence-electron chi connectivity index (χ0n) is 12.1. The Hall–Kier alpha value is -2.58. The van der Waals surface area contributed by atoms with Gasteiger partial charge in [-0.15, -0.1) is 0 Å². The molecule has 21 heavy (non-hydrogen) atoms. The molecule has 1 aromatic carbocycles. The number of rotatable bonds is 3. The minimum Gasteiger partial charge on any atom is -0.384 e. The van der Waals surface area contributed by atoms with Gasteiger partial charge in [-0.2, -0.15) is 5.10 Å². The second-order valence-electron chi connectivity index (χ2n) is 4.60. The van der Waals surface area contributed by atoms with Gasteiger partial charge in [-0.25, -0.2) is 0 Å². The molecule has 108 valence electrons. The van der Waals surface area contributed by atoms with Crippen molar-refractivity contribution in [3.8, 4) is 11.8 Å². The third kappa shape index (κ3) is 3.71. The summed E-state index contributed by atoms with van der Waals surface area (Å²) in [6, 6.07) is 6.94. The van der Waals surface area contributed by atoms with Gasteiger partial charge in [-0.3, -0.25) is 9.48 Å². The van der Waals surface area contributed by atoms with Gasteiger partial charge in [0.25, 0.3) is 5.91 Å². The molecule has 2 rings (SSSR count). The molecule has 1 amide bonds. The van der Waals surface area contributed by atoms with E-state index in [1.165, 1.54) is 0 Å². The van der Waals surface area contributed by atoms with Gasteiger partial charge < -0.3 is 10.4 Å². The van der Waals surface area contributed by atoms with Crippen molar-refractivity contribution in [1.82, 2.24) is 15.1 Å². The molecule has 5 heteroatoms. The predicted octanol–water partition coefficient (Wildman–Crippen LogP) is 1.00. The fourth-order valence-electron chi connectivity index (χ4n) is 1.84. The van der Waals surface area contributed by atoms with Crippen molar-refractivity contribution in [2.45, 2.75) is 13.5 Å². The standard InChI is InChI=1S/C16H17N3O2/c1-12-15(11-18-19(12)2)10-17-16(21)14-7-5-13(6-8-14)4-3-9-20/h5-8,11,20H,9-10H2,1-2H3,(H,17,21). The number of carbonyl (C=O) groups excluding carboxylic acids is 1. The van der Waals surface area contributed by atoms with Gasteiger partial charge in [0, 0.05) is 36.0 Å². The molecule has 0 unspecified atom stereocenters. The molecule has 1 heterocycles. The van der Waals surface area contributed by atoms with E-state index >= 15 is 0 Å². The van der Waals surface area contributed by atoms with Crippen molar-refractivity contribution in [3.63, 3.8) is 0 Å². The van der Waals surface area contributed by atoms with Gasteiger partial charge in [0.1, 0.15) is 6.61 Å². The molecule has 0 saturated heterocycles. The zero-order valence-corrected chi connectivity index (χ0v) is 12.1. The Labute approximate surface area is 123 Å². The van der Waals surface area contributed by atoms with Crippen LogP contribution in [-0.2, 0) is 13.6 Å². The molecule has 0 aliphatic carbocycles. The lowest BCUT2D eigenvalue weighted by atomic mass is 10.1. The molecule has 1 aromatic heterocycles. The van der Waals surface area contributed by atoms with Crippen molar-refractivity contribution in [2.24, 2.45) is 7.05 Å². The molecule has 0 aliphatic heterocycles. The monoisotopic (exact) mass is 283 g/mol. The number of nitrogens with one attached hydrogen (secondary N) is 1. The van der Waals surface area contributed by atoms with E-state index in [2.05, 4.69) is 22.3 Å². The first-order valence-electron chi connectivity index (χ1n) is 6.57. The summed E-state index contributed by atoms with van der Waals surface area (Å²) in [6.45, 7) is 2.24. The number of aliphatic hydroxyl groups is 1. The Morgan fingerprint density at radius 2 is 2.10 bits per heavy atom. The molecule has 0 atom stereocenters. The smallest absolute Gasteiger partial charge is 0.251 e. The van der Waals surface area contributed by atoms with E-state index in [9.17, 15) is 4.79 Å². The summed E-state index contributed by atoms with van der Waals surface area (Å²) in [4.78, 5) is 12.0. The number of benzene rings is 1. The molecule has 0 fully saturated rings. The van der Waals surface area contributed by atoms with Gasteiger partial charge in [0.2, 0.25) is 0 Å². The topological polar surface area (TPSA) is 67.2 Å². The number of hydrogen-bond donors (Lipinski definition) is 2. The lowest BCUT2D eigenvalue weighted by molar-refractivity contribution is 0.0951. The van der Waals surface area contributed by atoms with Crippen LogP contribution in [0.2, 0.25) is 0 Å². The molecule has 2 aromatic rings. The van der Waals surface area contributed by atoms with Crippen molar-refractivity contribution >= 4 is 5.91 Å². The van der Waals surface area contributed by atoms with Crippen molar-refractivity contribution in [2.75, 3.05) is 6.61 Å². The van der Waals surface area contributed by atoms with Gasteiger partial charge >= 0.3 is 0 Å². The number of aromatic nitrogens is 2. The highest BCUT2D eigenvalue weighted by Gasteiger charge is 2.08. The summed E-state index contributed by atoms with van der Waals surface area (Å²) in [5, 5.41) is 15.6. The van der Waals surface area contributed by atoms with Crippen LogP contribution in [0, 0.1) is 18.8 Å². The highest BCUT2D eigenvalue weighted by atomic mass is 16.2. The van der Waals surface area contributed by atoms with Crippen molar-refractivity contribution in [1.29, 1.82) is 0 Å². The molecular weight excluding hydrogens is 266 g/mol. The second kappa shape index (κ2) is 6.73. The van der Waals surface area contributed by atoms with E-state index in [1.807, 2.05) is 14.0 Å². The summed E-state index contributed by atoms with van der Waals surface area (Å²) in [5.41, 5.74) is 3.37. The first kappa shape index (κ1) is 14.8. The molecule has 0 radical (unpaired) electrons. The maximum atomic E-state index is 12.0. The Kier molecular flexibility index (Phi) is 4.75. The van der Waals surface area contributed by atoms with E-state index in [-0.39, 0.29) is 12.5 Å². The molecule has 2 N–H and O–H groups in total. The lowest BCUT2D eigenvalue weighted by Gasteiger charge is -2.05. The molecule has 0 spiro atoms. The SMILES string of the molecule is Cc1c(CNC(=O)c2ccc(C#CCO)cc2)cnn1C. The van der Waals surface area contributed by atoms with Crippen molar-refractivity contribution < 1.29 is 9.90 Å². The van der Waals surface area contributed by atoms with Gasteiger partial charge in [-0.05, 0) is 31.2 Å².